The summed E-state index contributed by atoms with van der Waals surface area (Å²) in [5.41, 5.74) is 4.20. The molecule has 1 heterocycles. The Kier molecular flexibility index (Phi) is 5.81. The number of methoxy groups -OCH3 is 1. The van der Waals surface area contributed by atoms with Gasteiger partial charge in [-0.25, -0.2) is 4.98 Å². The number of nitrogens with one attached hydrogen (secondary N) is 1. The molecule has 4 rings (SSSR count). The van der Waals surface area contributed by atoms with E-state index < -0.39 is 0 Å². The number of rotatable bonds is 7. The van der Waals surface area contributed by atoms with Crippen molar-refractivity contribution in [1.82, 2.24) is 10.3 Å². The van der Waals surface area contributed by atoms with Crippen molar-refractivity contribution >= 4 is 28.8 Å². The van der Waals surface area contributed by atoms with Crippen molar-refractivity contribution in [3.8, 4) is 5.75 Å². The van der Waals surface area contributed by atoms with Gasteiger partial charge in [0.15, 0.2) is 5.58 Å². The molecule has 0 saturated heterocycles. The standard InChI is InChI=1S/C23H20N2O3S/c1-27-18-12-10-16(11-13-18)14-24-22(26)19-7-3-2-6-17(19)15-29-23-25-20-8-4-5-9-21(20)28-23/h2-13H,14-15H2,1H3,(H,24,26). The normalized spacial score (nSPS) is 10.8. The number of ether oxygens (including phenoxy) is 1. The molecule has 29 heavy (non-hydrogen) atoms. The van der Waals surface area contributed by atoms with Crippen molar-refractivity contribution < 1.29 is 13.9 Å². The lowest BCUT2D eigenvalue weighted by Gasteiger charge is -2.10. The van der Waals surface area contributed by atoms with E-state index in [1.54, 1.807) is 7.11 Å². The average molecular weight is 404 g/mol. The van der Waals surface area contributed by atoms with E-state index in [4.69, 9.17) is 9.15 Å². The van der Waals surface area contributed by atoms with E-state index in [0.29, 0.717) is 23.1 Å². The second kappa shape index (κ2) is 8.84. The maximum Gasteiger partial charge on any atom is 0.257 e. The van der Waals surface area contributed by atoms with E-state index in [2.05, 4.69) is 10.3 Å². The van der Waals surface area contributed by atoms with Gasteiger partial charge in [0.05, 0.1) is 7.11 Å². The molecular formula is C23H20N2O3S. The van der Waals surface area contributed by atoms with Gasteiger partial charge in [-0.3, -0.25) is 4.79 Å². The molecule has 1 amide bonds. The Hall–Kier alpha value is -3.25. The summed E-state index contributed by atoms with van der Waals surface area (Å²) in [4.78, 5) is 17.2. The van der Waals surface area contributed by atoms with Gasteiger partial charge in [0.2, 0.25) is 0 Å². The van der Waals surface area contributed by atoms with Crippen LogP contribution in [0.3, 0.4) is 0 Å². The first-order valence-corrected chi connectivity index (χ1v) is 10.2. The highest BCUT2D eigenvalue weighted by molar-refractivity contribution is 7.98. The van der Waals surface area contributed by atoms with E-state index in [-0.39, 0.29) is 5.91 Å². The lowest BCUT2D eigenvalue weighted by molar-refractivity contribution is 0.0950. The Morgan fingerprint density at radius 1 is 1.03 bits per heavy atom. The molecule has 0 spiro atoms. The summed E-state index contributed by atoms with van der Waals surface area (Å²) in [6.45, 7) is 0.454. The lowest BCUT2D eigenvalue weighted by atomic mass is 10.1. The fourth-order valence-corrected chi connectivity index (χ4v) is 3.78. The van der Waals surface area contributed by atoms with Gasteiger partial charge in [-0.15, -0.1) is 0 Å². The largest absolute Gasteiger partial charge is 0.497 e. The number of fused-ring (bicyclic) bond motifs is 1. The van der Waals surface area contributed by atoms with Crippen LogP contribution in [0.5, 0.6) is 5.75 Å². The molecule has 0 atom stereocenters. The predicted octanol–water partition coefficient (Wildman–Crippen LogP) is 5.06. The highest BCUT2D eigenvalue weighted by Crippen LogP contribution is 2.27. The molecule has 1 aromatic heterocycles. The summed E-state index contributed by atoms with van der Waals surface area (Å²) in [6, 6.07) is 22.9. The first kappa shape index (κ1) is 19.1. The van der Waals surface area contributed by atoms with E-state index in [9.17, 15) is 4.79 Å². The van der Waals surface area contributed by atoms with Crippen LogP contribution >= 0.6 is 11.8 Å². The summed E-state index contributed by atoms with van der Waals surface area (Å²) in [7, 11) is 1.63. The van der Waals surface area contributed by atoms with Gasteiger partial charge < -0.3 is 14.5 Å². The molecule has 146 valence electrons. The number of aromatic nitrogens is 1. The third kappa shape index (κ3) is 4.60. The molecule has 0 aliphatic heterocycles. The van der Waals surface area contributed by atoms with Crippen molar-refractivity contribution in [2.45, 2.75) is 17.5 Å². The van der Waals surface area contributed by atoms with Crippen LogP contribution in [0.25, 0.3) is 11.1 Å². The monoisotopic (exact) mass is 404 g/mol. The summed E-state index contributed by atoms with van der Waals surface area (Å²) >= 11 is 1.48. The Morgan fingerprint density at radius 3 is 2.59 bits per heavy atom. The van der Waals surface area contributed by atoms with Gasteiger partial charge in [-0.1, -0.05) is 54.2 Å². The Balaban J connectivity index is 1.41. The quantitative estimate of drug-likeness (QED) is 0.436. The molecule has 5 nitrogen and oxygen atoms in total. The average Bonchev–Trinajstić information content (AvgIpc) is 3.19. The molecule has 0 radical (unpaired) electrons. The maximum atomic E-state index is 12.7. The number of carbonyl (C=O) groups excluding carboxylic acids is 1. The van der Waals surface area contributed by atoms with Crippen molar-refractivity contribution in [2.24, 2.45) is 0 Å². The Labute approximate surface area is 173 Å². The molecule has 1 N–H and O–H groups in total. The topological polar surface area (TPSA) is 64.4 Å². The van der Waals surface area contributed by atoms with Crippen LogP contribution in [0, 0.1) is 0 Å². The fraction of sp³-hybridized carbons (Fsp3) is 0.130. The molecule has 4 aromatic rings. The lowest BCUT2D eigenvalue weighted by Crippen LogP contribution is -2.23. The molecule has 0 bridgehead atoms. The first-order chi connectivity index (χ1) is 14.2. The zero-order valence-corrected chi connectivity index (χ0v) is 16.7. The van der Waals surface area contributed by atoms with Crippen molar-refractivity contribution in [3.05, 3.63) is 89.5 Å². The van der Waals surface area contributed by atoms with Gasteiger partial charge in [-0.2, -0.15) is 0 Å². The molecule has 0 aliphatic carbocycles. The highest BCUT2D eigenvalue weighted by Gasteiger charge is 2.13. The molecule has 0 fully saturated rings. The van der Waals surface area contributed by atoms with E-state index in [0.717, 1.165) is 28.0 Å². The number of para-hydroxylation sites is 2. The smallest absolute Gasteiger partial charge is 0.257 e. The molecule has 3 aromatic carbocycles. The van der Waals surface area contributed by atoms with Crippen LogP contribution in [0.15, 0.2) is 82.4 Å². The van der Waals surface area contributed by atoms with E-state index in [1.165, 1.54) is 11.8 Å². The number of nitrogens with zero attached hydrogens (tertiary/aromatic N) is 1. The summed E-state index contributed by atoms with van der Waals surface area (Å²) in [5, 5.41) is 3.58. The fourth-order valence-electron chi connectivity index (χ4n) is 2.94. The number of oxazole rings is 1. The highest BCUT2D eigenvalue weighted by atomic mass is 32.2. The van der Waals surface area contributed by atoms with Crippen LogP contribution in [-0.2, 0) is 12.3 Å². The van der Waals surface area contributed by atoms with Gasteiger partial charge in [0, 0.05) is 17.9 Å². The van der Waals surface area contributed by atoms with Crippen molar-refractivity contribution in [2.75, 3.05) is 7.11 Å². The summed E-state index contributed by atoms with van der Waals surface area (Å²) < 4.78 is 10.9. The molecule has 0 unspecified atom stereocenters. The third-order valence-corrected chi connectivity index (χ3v) is 5.38. The van der Waals surface area contributed by atoms with Crippen molar-refractivity contribution in [3.63, 3.8) is 0 Å². The molecule has 0 aliphatic rings. The SMILES string of the molecule is COc1ccc(CNC(=O)c2ccccc2CSc2nc3ccccc3o2)cc1. The summed E-state index contributed by atoms with van der Waals surface area (Å²) in [6.07, 6.45) is 0. The Morgan fingerprint density at radius 2 is 1.79 bits per heavy atom. The maximum absolute atomic E-state index is 12.7. The minimum absolute atomic E-state index is 0.102. The van der Waals surface area contributed by atoms with Gasteiger partial charge >= 0.3 is 0 Å². The predicted molar refractivity (Wildman–Crippen MR) is 114 cm³/mol. The van der Waals surface area contributed by atoms with Crippen molar-refractivity contribution in [1.29, 1.82) is 0 Å². The van der Waals surface area contributed by atoms with E-state index >= 15 is 0 Å². The van der Waals surface area contributed by atoms with Gasteiger partial charge in [0.1, 0.15) is 11.3 Å². The molecule has 6 heteroatoms. The van der Waals surface area contributed by atoms with E-state index in [1.807, 2.05) is 72.8 Å². The minimum atomic E-state index is -0.102. The third-order valence-electron chi connectivity index (χ3n) is 4.50. The van der Waals surface area contributed by atoms with Gasteiger partial charge in [0.25, 0.3) is 11.1 Å². The number of hydrogen-bond donors (Lipinski definition) is 1. The first-order valence-electron chi connectivity index (χ1n) is 9.20. The Bertz CT molecular complexity index is 1090. The number of thioether (sulfide) groups is 1. The van der Waals surface area contributed by atoms with Gasteiger partial charge in [-0.05, 0) is 41.5 Å². The van der Waals surface area contributed by atoms with Crippen LogP contribution in [0.1, 0.15) is 21.5 Å². The van der Waals surface area contributed by atoms with Crippen LogP contribution in [-0.4, -0.2) is 18.0 Å². The number of amides is 1. The zero-order chi connectivity index (χ0) is 20.1. The second-order valence-electron chi connectivity index (χ2n) is 6.42. The molecular weight excluding hydrogens is 384 g/mol. The summed E-state index contributed by atoms with van der Waals surface area (Å²) in [5.74, 6) is 1.29. The van der Waals surface area contributed by atoms with Crippen LogP contribution in [0.4, 0.5) is 0 Å². The minimum Gasteiger partial charge on any atom is -0.497 e. The van der Waals surface area contributed by atoms with Crippen LogP contribution < -0.4 is 10.1 Å². The van der Waals surface area contributed by atoms with Crippen LogP contribution in [0.2, 0.25) is 0 Å². The number of hydrogen-bond acceptors (Lipinski definition) is 5. The second-order valence-corrected chi connectivity index (χ2v) is 7.35. The zero-order valence-electron chi connectivity index (χ0n) is 15.9. The number of carbonyl (C=O) groups is 1. The molecule has 0 saturated carbocycles. The number of benzene rings is 3.